The Morgan fingerprint density at radius 1 is 1.33 bits per heavy atom. The number of carbonyl (C=O) groups excluding carboxylic acids is 1. The normalized spacial score (nSPS) is 24.0. The second-order valence-corrected chi connectivity index (χ2v) is 5.49. The first-order valence-electron chi connectivity index (χ1n) is 7.18. The highest BCUT2D eigenvalue weighted by atomic mass is 16.7. The van der Waals surface area contributed by atoms with Crippen molar-refractivity contribution in [1.82, 2.24) is 10.2 Å². The van der Waals surface area contributed by atoms with E-state index in [1.165, 1.54) is 0 Å². The Kier molecular flexibility index (Phi) is 3.88. The van der Waals surface area contributed by atoms with E-state index >= 15 is 0 Å². The number of benzene rings is 1. The number of nitrogens with one attached hydrogen (secondary N) is 1. The number of rotatable bonds is 2. The Hall–Kier alpha value is -1.95. The van der Waals surface area contributed by atoms with Gasteiger partial charge in [-0.15, -0.1) is 0 Å². The maximum Gasteiger partial charge on any atom is 0.318 e. The van der Waals surface area contributed by atoms with E-state index in [0.29, 0.717) is 19.7 Å². The van der Waals surface area contributed by atoms with E-state index in [9.17, 15) is 4.79 Å². The van der Waals surface area contributed by atoms with Gasteiger partial charge in [0.2, 0.25) is 6.79 Å². The first-order chi connectivity index (χ1) is 10.1. The number of hydrogen-bond donors (Lipinski definition) is 1. The van der Waals surface area contributed by atoms with E-state index < -0.39 is 0 Å². The van der Waals surface area contributed by atoms with Crippen LogP contribution in [0.1, 0.15) is 19.4 Å². The van der Waals surface area contributed by atoms with Crippen LogP contribution in [-0.2, 0) is 11.3 Å². The summed E-state index contributed by atoms with van der Waals surface area (Å²) in [6, 6.07) is 5.73. The van der Waals surface area contributed by atoms with Crippen LogP contribution in [0.15, 0.2) is 18.2 Å². The fourth-order valence-electron chi connectivity index (χ4n) is 2.52. The zero-order valence-electron chi connectivity index (χ0n) is 12.3. The lowest BCUT2D eigenvalue weighted by molar-refractivity contribution is -0.0318. The Labute approximate surface area is 124 Å². The molecule has 3 rings (SSSR count). The molecular formula is C15H20N2O4. The molecule has 1 fully saturated rings. The molecule has 114 valence electrons. The lowest BCUT2D eigenvalue weighted by Crippen LogP contribution is -2.53. The maximum atomic E-state index is 12.3. The molecule has 0 aromatic heterocycles. The second-order valence-electron chi connectivity index (χ2n) is 5.49. The minimum absolute atomic E-state index is 0.0599. The van der Waals surface area contributed by atoms with Crippen molar-refractivity contribution in [1.29, 1.82) is 0 Å². The van der Waals surface area contributed by atoms with Gasteiger partial charge < -0.3 is 24.4 Å². The zero-order chi connectivity index (χ0) is 14.8. The zero-order valence-corrected chi connectivity index (χ0v) is 12.3. The van der Waals surface area contributed by atoms with Gasteiger partial charge >= 0.3 is 6.03 Å². The van der Waals surface area contributed by atoms with Crippen molar-refractivity contribution in [3.8, 4) is 11.5 Å². The fourth-order valence-corrected chi connectivity index (χ4v) is 2.52. The number of carbonyl (C=O) groups is 1. The van der Waals surface area contributed by atoms with Gasteiger partial charge in [0.15, 0.2) is 11.5 Å². The van der Waals surface area contributed by atoms with Crippen molar-refractivity contribution in [2.75, 3.05) is 19.9 Å². The van der Waals surface area contributed by atoms with Gasteiger partial charge in [0.05, 0.1) is 18.8 Å². The molecule has 21 heavy (non-hydrogen) atoms. The highest BCUT2D eigenvalue weighted by Gasteiger charge is 2.27. The van der Waals surface area contributed by atoms with Gasteiger partial charge in [-0.2, -0.15) is 0 Å². The van der Waals surface area contributed by atoms with Crippen molar-refractivity contribution in [2.45, 2.75) is 32.5 Å². The number of ether oxygens (including phenoxy) is 3. The van der Waals surface area contributed by atoms with Gasteiger partial charge in [0.1, 0.15) is 0 Å². The molecule has 1 N–H and O–H groups in total. The molecule has 1 aromatic rings. The molecule has 2 amide bonds. The Morgan fingerprint density at radius 2 is 2.14 bits per heavy atom. The Morgan fingerprint density at radius 3 is 3.00 bits per heavy atom. The number of amides is 2. The van der Waals surface area contributed by atoms with Crippen LogP contribution >= 0.6 is 0 Å². The van der Waals surface area contributed by atoms with E-state index in [2.05, 4.69) is 5.32 Å². The summed E-state index contributed by atoms with van der Waals surface area (Å²) in [6.45, 7) is 5.89. The monoisotopic (exact) mass is 292 g/mol. The molecular weight excluding hydrogens is 272 g/mol. The summed E-state index contributed by atoms with van der Waals surface area (Å²) in [5.41, 5.74) is 0.988. The standard InChI is InChI=1S/C15H20N2O4/c1-10-8-19-11(2)7-17(10)15(18)16-6-12-3-4-13-14(5-12)21-9-20-13/h3-5,10-11H,6-9H2,1-2H3,(H,16,18)/t10-,11-/m0/s1. The molecule has 0 saturated carbocycles. The molecule has 6 nitrogen and oxygen atoms in total. The molecule has 1 aromatic carbocycles. The summed E-state index contributed by atoms with van der Waals surface area (Å²) in [6.07, 6.45) is 0.0810. The molecule has 2 aliphatic heterocycles. The van der Waals surface area contributed by atoms with Crippen LogP contribution in [0.3, 0.4) is 0 Å². The SMILES string of the molecule is C[C@H]1CN(C(=O)NCc2ccc3c(c2)OCO3)[C@@H](C)CO1. The van der Waals surface area contributed by atoms with Gasteiger partial charge in [-0.25, -0.2) is 4.79 Å². The van der Waals surface area contributed by atoms with E-state index in [1.54, 1.807) is 0 Å². The van der Waals surface area contributed by atoms with Crippen LogP contribution in [0, 0.1) is 0 Å². The summed E-state index contributed by atoms with van der Waals surface area (Å²) in [7, 11) is 0. The average Bonchev–Trinajstić information content (AvgIpc) is 2.94. The molecule has 0 radical (unpaired) electrons. The number of nitrogens with zero attached hydrogens (tertiary/aromatic N) is 1. The summed E-state index contributed by atoms with van der Waals surface area (Å²) >= 11 is 0. The van der Waals surface area contributed by atoms with Crippen molar-refractivity contribution in [3.05, 3.63) is 23.8 Å². The molecule has 2 heterocycles. The van der Waals surface area contributed by atoms with Gasteiger partial charge in [0, 0.05) is 13.1 Å². The molecule has 1 saturated heterocycles. The lowest BCUT2D eigenvalue weighted by Gasteiger charge is -2.36. The van der Waals surface area contributed by atoms with Crippen LogP contribution < -0.4 is 14.8 Å². The van der Waals surface area contributed by atoms with Crippen molar-refractivity contribution >= 4 is 6.03 Å². The predicted molar refractivity (Wildman–Crippen MR) is 76.4 cm³/mol. The molecule has 6 heteroatoms. The van der Waals surface area contributed by atoms with Crippen LogP contribution in [-0.4, -0.2) is 43.0 Å². The summed E-state index contributed by atoms with van der Waals surface area (Å²) in [4.78, 5) is 14.1. The Bertz CT molecular complexity index is 534. The van der Waals surface area contributed by atoms with Crippen LogP contribution in [0.2, 0.25) is 0 Å². The van der Waals surface area contributed by atoms with E-state index in [-0.39, 0.29) is 25.0 Å². The third-order valence-electron chi connectivity index (χ3n) is 3.75. The number of fused-ring (bicyclic) bond motifs is 1. The summed E-state index contributed by atoms with van der Waals surface area (Å²) in [5.74, 6) is 1.48. The minimum atomic E-state index is -0.0599. The maximum absolute atomic E-state index is 12.3. The molecule has 2 aliphatic rings. The van der Waals surface area contributed by atoms with Gasteiger partial charge in [-0.3, -0.25) is 0 Å². The van der Waals surface area contributed by atoms with Gasteiger partial charge in [-0.05, 0) is 31.5 Å². The minimum Gasteiger partial charge on any atom is -0.454 e. The lowest BCUT2D eigenvalue weighted by atomic mass is 10.2. The number of urea groups is 1. The Balaban J connectivity index is 1.58. The predicted octanol–water partition coefficient (Wildman–Crippen LogP) is 1.73. The van der Waals surface area contributed by atoms with Crippen molar-refractivity contribution < 1.29 is 19.0 Å². The van der Waals surface area contributed by atoms with Gasteiger partial charge in [0.25, 0.3) is 0 Å². The van der Waals surface area contributed by atoms with Gasteiger partial charge in [-0.1, -0.05) is 6.07 Å². The smallest absolute Gasteiger partial charge is 0.318 e. The first-order valence-corrected chi connectivity index (χ1v) is 7.18. The molecule has 0 bridgehead atoms. The molecule has 0 spiro atoms. The highest BCUT2D eigenvalue weighted by Crippen LogP contribution is 2.32. The van der Waals surface area contributed by atoms with Crippen LogP contribution in [0.5, 0.6) is 11.5 Å². The average molecular weight is 292 g/mol. The van der Waals surface area contributed by atoms with Crippen molar-refractivity contribution in [2.24, 2.45) is 0 Å². The van der Waals surface area contributed by atoms with Crippen LogP contribution in [0.25, 0.3) is 0 Å². The highest BCUT2D eigenvalue weighted by molar-refractivity contribution is 5.74. The van der Waals surface area contributed by atoms with E-state index in [4.69, 9.17) is 14.2 Å². The third kappa shape index (κ3) is 3.05. The number of hydrogen-bond acceptors (Lipinski definition) is 4. The fraction of sp³-hybridized carbons (Fsp3) is 0.533. The second kappa shape index (κ2) is 5.81. The molecule has 0 unspecified atom stereocenters. The molecule has 0 aliphatic carbocycles. The first kappa shape index (κ1) is 14.0. The molecule has 2 atom stereocenters. The largest absolute Gasteiger partial charge is 0.454 e. The van der Waals surface area contributed by atoms with E-state index in [1.807, 2.05) is 36.9 Å². The summed E-state index contributed by atoms with van der Waals surface area (Å²) < 4.78 is 16.1. The summed E-state index contributed by atoms with van der Waals surface area (Å²) in [5, 5.41) is 2.95. The quantitative estimate of drug-likeness (QED) is 0.902. The van der Waals surface area contributed by atoms with Crippen LogP contribution in [0.4, 0.5) is 4.79 Å². The number of morpholine rings is 1. The topological polar surface area (TPSA) is 60.0 Å². The van der Waals surface area contributed by atoms with Crippen molar-refractivity contribution in [3.63, 3.8) is 0 Å². The van der Waals surface area contributed by atoms with E-state index in [0.717, 1.165) is 17.1 Å². The third-order valence-corrected chi connectivity index (χ3v) is 3.75.